The van der Waals surface area contributed by atoms with E-state index < -0.39 is 23.8 Å². The van der Waals surface area contributed by atoms with Crippen molar-refractivity contribution in [1.82, 2.24) is 4.90 Å². The van der Waals surface area contributed by atoms with E-state index in [4.69, 9.17) is 4.74 Å². The predicted octanol–water partition coefficient (Wildman–Crippen LogP) is 4.15. The topological polar surface area (TPSA) is 49.9 Å². The number of anilines is 1. The number of hydrogen-bond acceptors (Lipinski definition) is 3. The van der Waals surface area contributed by atoms with Crippen molar-refractivity contribution in [3.05, 3.63) is 59.7 Å². The average Bonchev–Trinajstić information content (AvgIpc) is 3.59. The largest absolute Gasteiger partial charge is 0.483 e. The zero-order chi connectivity index (χ0) is 22.5. The molecule has 0 N–H and O–H groups in total. The third kappa shape index (κ3) is 3.42. The van der Waals surface area contributed by atoms with Gasteiger partial charge in [0.05, 0.1) is 11.0 Å². The number of nitrogens with zero attached hydrogens (tertiary/aromatic N) is 2. The van der Waals surface area contributed by atoms with Crippen LogP contribution in [-0.4, -0.2) is 42.5 Å². The summed E-state index contributed by atoms with van der Waals surface area (Å²) in [6, 6.07) is 13.0. The van der Waals surface area contributed by atoms with E-state index in [1.165, 1.54) is 18.2 Å². The van der Waals surface area contributed by atoms with Gasteiger partial charge in [0.2, 0.25) is 5.91 Å². The SMILES string of the molecule is O=C(COc1ccccc1C(F)(F)F)N1CCC2(CC1)C(=O)N(C1CC1)c1ccccc12. The van der Waals surface area contributed by atoms with Crippen LogP contribution in [0.5, 0.6) is 5.75 Å². The molecule has 2 amide bonds. The molecule has 8 heteroatoms. The summed E-state index contributed by atoms with van der Waals surface area (Å²) in [5.41, 5.74) is 0.477. The maximum Gasteiger partial charge on any atom is 0.419 e. The van der Waals surface area contributed by atoms with Gasteiger partial charge >= 0.3 is 6.18 Å². The van der Waals surface area contributed by atoms with Gasteiger partial charge in [0.25, 0.3) is 5.91 Å². The Morgan fingerprint density at radius 2 is 1.69 bits per heavy atom. The van der Waals surface area contributed by atoms with Gasteiger partial charge in [0.15, 0.2) is 6.61 Å². The van der Waals surface area contributed by atoms with E-state index in [0.717, 1.165) is 30.2 Å². The fraction of sp³-hybridized carbons (Fsp3) is 0.417. The second kappa shape index (κ2) is 7.53. The van der Waals surface area contributed by atoms with Crippen LogP contribution < -0.4 is 9.64 Å². The van der Waals surface area contributed by atoms with Crippen molar-refractivity contribution < 1.29 is 27.5 Å². The van der Waals surface area contributed by atoms with Crippen molar-refractivity contribution in [3.8, 4) is 5.75 Å². The summed E-state index contributed by atoms with van der Waals surface area (Å²) in [7, 11) is 0. The van der Waals surface area contributed by atoms with Crippen molar-refractivity contribution in [3.63, 3.8) is 0 Å². The van der Waals surface area contributed by atoms with Crippen LogP contribution in [0.15, 0.2) is 48.5 Å². The molecular weight excluding hydrogens is 421 g/mol. The first-order valence-electron chi connectivity index (χ1n) is 10.8. The number of carbonyl (C=O) groups is 2. The Bertz CT molecular complexity index is 1060. The molecule has 0 atom stereocenters. The Hall–Kier alpha value is -3.03. The lowest BCUT2D eigenvalue weighted by Gasteiger charge is -2.38. The van der Waals surface area contributed by atoms with E-state index >= 15 is 0 Å². The molecule has 1 aliphatic carbocycles. The fourth-order valence-electron chi connectivity index (χ4n) is 4.92. The number of rotatable bonds is 4. The van der Waals surface area contributed by atoms with Crippen molar-refractivity contribution in [1.29, 1.82) is 0 Å². The number of fused-ring (bicyclic) bond motifs is 2. The van der Waals surface area contributed by atoms with Crippen molar-refractivity contribution >= 4 is 17.5 Å². The van der Waals surface area contributed by atoms with Gasteiger partial charge in [-0.05, 0) is 49.4 Å². The number of likely N-dealkylation sites (tertiary alicyclic amines) is 1. The minimum Gasteiger partial charge on any atom is -0.483 e. The van der Waals surface area contributed by atoms with Crippen molar-refractivity contribution in [2.45, 2.75) is 43.3 Å². The van der Waals surface area contributed by atoms with Gasteiger partial charge in [-0.3, -0.25) is 9.59 Å². The lowest BCUT2D eigenvalue weighted by atomic mass is 9.73. The minimum atomic E-state index is -4.55. The first-order chi connectivity index (χ1) is 15.3. The normalized spacial score (nSPS) is 19.9. The highest BCUT2D eigenvalue weighted by atomic mass is 19.4. The summed E-state index contributed by atoms with van der Waals surface area (Å²) in [6.45, 7) is 0.252. The fourth-order valence-corrected chi connectivity index (χ4v) is 4.92. The molecule has 2 heterocycles. The molecule has 2 aromatic rings. The molecule has 1 saturated heterocycles. The highest BCUT2D eigenvalue weighted by Crippen LogP contribution is 2.51. The van der Waals surface area contributed by atoms with E-state index in [1.807, 2.05) is 29.2 Å². The predicted molar refractivity (Wildman–Crippen MR) is 111 cm³/mol. The van der Waals surface area contributed by atoms with Gasteiger partial charge in [0.1, 0.15) is 5.75 Å². The van der Waals surface area contributed by atoms with E-state index in [1.54, 1.807) is 4.90 Å². The van der Waals surface area contributed by atoms with Crippen LogP contribution in [0.4, 0.5) is 18.9 Å². The standard InChI is InChI=1S/C24H23F3N2O3/c25-24(26,27)18-6-2-4-8-20(18)32-15-21(30)28-13-11-23(12-14-28)17-5-1-3-7-19(17)29(22(23)31)16-9-10-16/h1-8,16H,9-15H2. The number of alkyl halides is 3. The molecule has 0 aromatic heterocycles. The summed E-state index contributed by atoms with van der Waals surface area (Å²) < 4.78 is 44.7. The monoisotopic (exact) mass is 444 g/mol. The zero-order valence-electron chi connectivity index (χ0n) is 17.4. The third-order valence-electron chi connectivity index (χ3n) is 6.73. The van der Waals surface area contributed by atoms with Crippen LogP contribution in [0, 0.1) is 0 Å². The molecule has 0 bridgehead atoms. The summed E-state index contributed by atoms with van der Waals surface area (Å²) in [4.78, 5) is 29.6. The number of halogens is 3. The van der Waals surface area contributed by atoms with Crippen LogP contribution in [0.1, 0.15) is 36.8 Å². The first kappa shape index (κ1) is 20.8. The second-order valence-corrected chi connectivity index (χ2v) is 8.67. The van der Waals surface area contributed by atoms with Crippen molar-refractivity contribution in [2.24, 2.45) is 0 Å². The lowest BCUT2D eigenvalue weighted by molar-refractivity contribution is -0.141. The molecule has 1 spiro atoms. The Balaban J connectivity index is 1.27. The molecule has 168 valence electrons. The zero-order valence-corrected chi connectivity index (χ0v) is 17.4. The highest BCUT2D eigenvalue weighted by Gasteiger charge is 2.55. The summed E-state index contributed by atoms with van der Waals surface area (Å²) in [5.74, 6) is -0.625. The molecule has 3 aliphatic rings. The third-order valence-corrected chi connectivity index (χ3v) is 6.73. The Morgan fingerprint density at radius 1 is 1.03 bits per heavy atom. The molecule has 2 fully saturated rings. The van der Waals surface area contributed by atoms with Gasteiger partial charge in [-0.2, -0.15) is 13.2 Å². The van der Waals surface area contributed by atoms with Crippen LogP contribution in [0.25, 0.3) is 0 Å². The molecular formula is C24H23F3N2O3. The second-order valence-electron chi connectivity index (χ2n) is 8.67. The Morgan fingerprint density at radius 3 is 2.38 bits per heavy atom. The Kier molecular flexibility index (Phi) is 4.91. The van der Waals surface area contributed by atoms with E-state index in [0.29, 0.717) is 25.9 Å². The summed E-state index contributed by atoms with van der Waals surface area (Å²) in [6.07, 6.45) is -1.54. The van der Waals surface area contributed by atoms with E-state index in [2.05, 4.69) is 0 Å². The molecule has 5 rings (SSSR count). The molecule has 0 radical (unpaired) electrons. The number of piperidine rings is 1. The van der Waals surface area contributed by atoms with Gasteiger partial charge in [0, 0.05) is 24.8 Å². The van der Waals surface area contributed by atoms with Gasteiger partial charge in [-0.25, -0.2) is 0 Å². The van der Waals surface area contributed by atoms with Gasteiger partial charge in [-0.1, -0.05) is 30.3 Å². The molecule has 0 unspecified atom stereocenters. The van der Waals surface area contributed by atoms with Crippen LogP contribution in [-0.2, 0) is 21.2 Å². The van der Waals surface area contributed by atoms with Gasteiger partial charge < -0.3 is 14.5 Å². The number of amides is 2. The van der Waals surface area contributed by atoms with Crippen LogP contribution in [0.2, 0.25) is 0 Å². The smallest absolute Gasteiger partial charge is 0.419 e. The highest BCUT2D eigenvalue weighted by molar-refractivity contribution is 6.09. The molecule has 5 nitrogen and oxygen atoms in total. The van der Waals surface area contributed by atoms with E-state index in [9.17, 15) is 22.8 Å². The van der Waals surface area contributed by atoms with Crippen LogP contribution >= 0.6 is 0 Å². The van der Waals surface area contributed by atoms with Crippen molar-refractivity contribution in [2.75, 3.05) is 24.6 Å². The van der Waals surface area contributed by atoms with E-state index in [-0.39, 0.29) is 23.6 Å². The average molecular weight is 444 g/mol. The summed E-state index contributed by atoms with van der Waals surface area (Å²) >= 11 is 0. The molecule has 2 aromatic carbocycles. The first-order valence-corrected chi connectivity index (χ1v) is 10.8. The van der Waals surface area contributed by atoms with Crippen LogP contribution in [0.3, 0.4) is 0 Å². The molecule has 2 aliphatic heterocycles. The molecule has 32 heavy (non-hydrogen) atoms. The summed E-state index contributed by atoms with van der Waals surface area (Å²) in [5, 5.41) is 0. The Labute approximate surface area is 183 Å². The number of carbonyl (C=O) groups excluding carboxylic acids is 2. The number of benzene rings is 2. The number of para-hydroxylation sites is 2. The quantitative estimate of drug-likeness (QED) is 0.712. The molecule has 1 saturated carbocycles. The maximum atomic E-state index is 13.4. The maximum absolute atomic E-state index is 13.4. The number of hydrogen-bond donors (Lipinski definition) is 0. The minimum absolute atomic E-state index is 0.114. The number of ether oxygens (including phenoxy) is 1. The lowest BCUT2D eigenvalue weighted by Crippen LogP contribution is -2.51. The van der Waals surface area contributed by atoms with Gasteiger partial charge in [-0.15, -0.1) is 0 Å².